The Balaban J connectivity index is 2.31. The highest BCUT2D eigenvalue weighted by Crippen LogP contribution is 2.07. The van der Waals surface area contributed by atoms with Crippen LogP contribution in [0, 0.1) is 5.92 Å². The molecule has 0 aliphatic carbocycles. The van der Waals surface area contributed by atoms with Gasteiger partial charge in [0.2, 0.25) is 5.91 Å². The standard InChI is InChI=1S/C7H14N2O2S/c1-5(7(8)10)12(11)4-6-2-9-3-6/h5-6,9H,2-4H2,1H3,(H2,8,10). The Bertz CT molecular complexity index is 204. The molecule has 70 valence electrons. The lowest BCUT2D eigenvalue weighted by Crippen LogP contribution is -2.46. The molecule has 12 heavy (non-hydrogen) atoms. The number of carbonyl (C=O) groups excluding carboxylic acids is 1. The number of nitrogens with two attached hydrogens (primary N) is 1. The molecular weight excluding hydrogens is 176 g/mol. The second-order valence-electron chi connectivity index (χ2n) is 3.12. The van der Waals surface area contributed by atoms with Crippen LogP contribution in [0.25, 0.3) is 0 Å². The molecule has 1 saturated heterocycles. The molecule has 0 radical (unpaired) electrons. The number of hydrogen-bond donors (Lipinski definition) is 2. The van der Waals surface area contributed by atoms with Gasteiger partial charge in [0.25, 0.3) is 0 Å². The zero-order chi connectivity index (χ0) is 9.14. The number of primary amides is 1. The first-order valence-corrected chi connectivity index (χ1v) is 5.36. The highest BCUT2D eigenvalue weighted by molar-refractivity contribution is 7.86. The van der Waals surface area contributed by atoms with E-state index in [-0.39, 0.29) is 0 Å². The average molecular weight is 190 g/mol. The Morgan fingerprint density at radius 1 is 1.75 bits per heavy atom. The molecule has 2 atom stereocenters. The van der Waals surface area contributed by atoms with Gasteiger partial charge in [0.15, 0.2) is 0 Å². The van der Waals surface area contributed by atoms with Crippen molar-refractivity contribution in [3.63, 3.8) is 0 Å². The van der Waals surface area contributed by atoms with Gasteiger partial charge in [-0.1, -0.05) is 0 Å². The summed E-state index contributed by atoms with van der Waals surface area (Å²) in [6.45, 7) is 3.44. The molecule has 4 nitrogen and oxygen atoms in total. The second-order valence-corrected chi connectivity index (χ2v) is 4.92. The minimum atomic E-state index is -1.09. The van der Waals surface area contributed by atoms with Gasteiger partial charge in [-0.05, 0) is 12.8 Å². The largest absolute Gasteiger partial charge is 0.369 e. The molecule has 0 aromatic rings. The molecule has 1 aliphatic rings. The topological polar surface area (TPSA) is 72.2 Å². The molecule has 2 unspecified atom stereocenters. The van der Waals surface area contributed by atoms with E-state index in [1.165, 1.54) is 0 Å². The fourth-order valence-electron chi connectivity index (χ4n) is 0.973. The van der Waals surface area contributed by atoms with Gasteiger partial charge < -0.3 is 11.1 Å². The summed E-state index contributed by atoms with van der Waals surface area (Å²) >= 11 is 0. The third-order valence-electron chi connectivity index (χ3n) is 2.06. The van der Waals surface area contributed by atoms with Gasteiger partial charge in [0.1, 0.15) is 5.25 Å². The first-order valence-electron chi connectivity index (χ1n) is 3.98. The summed E-state index contributed by atoms with van der Waals surface area (Å²) in [7, 11) is -1.09. The number of nitrogens with one attached hydrogen (secondary N) is 1. The second kappa shape index (κ2) is 4.00. The molecular formula is C7H14N2O2S. The normalized spacial score (nSPS) is 22.8. The maximum Gasteiger partial charge on any atom is 0.232 e. The molecule has 1 fully saturated rings. The Labute approximate surface area is 74.3 Å². The van der Waals surface area contributed by atoms with E-state index in [9.17, 15) is 9.00 Å². The summed E-state index contributed by atoms with van der Waals surface area (Å²) in [4.78, 5) is 10.6. The molecule has 1 amide bonds. The predicted molar refractivity (Wildman–Crippen MR) is 48.0 cm³/mol. The fourth-order valence-corrected chi connectivity index (χ4v) is 2.22. The van der Waals surface area contributed by atoms with Crippen LogP contribution in [-0.4, -0.2) is 34.2 Å². The molecule has 1 aliphatic heterocycles. The van der Waals surface area contributed by atoms with Crippen molar-refractivity contribution in [2.75, 3.05) is 18.8 Å². The van der Waals surface area contributed by atoms with Gasteiger partial charge in [0, 0.05) is 29.6 Å². The molecule has 0 spiro atoms. The molecule has 1 rings (SSSR count). The van der Waals surface area contributed by atoms with Gasteiger partial charge in [-0.25, -0.2) is 0 Å². The molecule has 5 heteroatoms. The maximum absolute atomic E-state index is 11.4. The van der Waals surface area contributed by atoms with Crippen LogP contribution in [0.4, 0.5) is 0 Å². The van der Waals surface area contributed by atoms with Crippen LogP contribution < -0.4 is 11.1 Å². The molecule has 0 bridgehead atoms. The van der Waals surface area contributed by atoms with Crippen LogP contribution in [0.5, 0.6) is 0 Å². The van der Waals surface area contributed by atoms with Crippen molar-refractivity contribution in [1.82, 2.24) is 5.32 Å². The van der Waals surface area contributed by atoms with E-state index in [0.29, 0.717) is 11.7 Å². The van der Waals surface area contributed by atoms with E-state index in [0.717, 1.165) is 13.1 Å². The van der Waals surface area contributed by atoms with E-state index in [1.807, 2.05) is 0 Å². The van der Waals surface area contributed by atoms with Crippen molar-refractivity contribution in [3.05, 3.63) is 0 Å². The third-order valence-corrected chi connectivity index (χ3v) is 3.88. The van der Waals surface area contributed by atoms with Crippen LogP contribution in [-0.2, 0) is 15.6 Å². The van der Waals surface area contributed by atoms with Crippen molar-refractivity contribution in [1.29, 1.82) is 0 Å². The Morgan fingerprint density at radius 3 is 2.67 bits per heavy atom. The zero-order valence-corrected chi connectivity index (χ0v) is 7.89. The maximum atomic E-state index is 11.4. The lowest BCUT2D eigenvalue weighted by atomic mass is 10.1. The molecule has 1 heterocycles. The van der Waals surface area contributed by atoms with Crippen LogP contribution >= 0.6 is 0 Å². The lowest BCUT2D eigenvalue weighted by molar-refractivity contribution is -0.117. The minimum Gasteiger partial charge on any atom is -0.369 e. The van der Waals surface area contributed by atoms with E-state index < -0.39 is 22.0 Å². The number of hydrogen-bond acceptors (Lipinski definition) is 3. The van der Waals surface area contributed by atoms with Gasteiger partial charge in [-0.15, -0.1) is 0 Å². The highest BCUT2D eigenvalue weighted by Gasteiger charge is 2.24. The smallest absolute Gasteiger partial charge is 0.232 e. The number of rotatable bonds is 4. The summed E-state index contributed by atoms with van der Waals surface area (Å²) < 4.78 is 11.4. The molecule has 0 aromatic heterocycles. The summed E-state index contributed by atoms with van der Waals surface area (Å²) in [5.41, 5.74) is 5.02. The Hall–Kier alpha value is -0.420. The van der Waals surface area contributed by atoms with E-state index in [4.69, 9.17) is 5.73 Å². The van der Waals surface area contributed by atoms with Crippen molar-refractivity contribution in [2.24, 2.45) is 11.7 Å². The van der Waals surface area contributed by atoms with Gasteiger partial charge >= 0.3 is 0 Å². The van der Waals surface area contributed by atoms with Crippen molar-refractivity contribution in [3.8, 4) is 0 Å². The molecule has 0 saturated carbocycles. The third kappa shape index (κ3) is 2.28. The first-order chi connectivity index (χ1) is 5.61. The first kappa shape index (κ1) is 9.67. The minimum absolute atomic E-state index is 0.465. The van der Waals surface area contributed by atoms with Crippen LogP contribution in [0.2, 0.25) is 0 Å². The quantitative estimate of drug-likeness (QED) is 0.586. The summed E-state index contributed by atoms with van der Waals surface area (Å²) in [6.07, 6.45) is 0. The summed E-state index contributed by atoms with van der Waals surface area (Å²) in [6, 6.07) is 0. The zero-order valence-electron chi connectivity index (χ0n) is 7.08. The summed E-state index contributed by atoms with van der Waals surface area (Å²) in [5, 5.41) is 2.58. The van der Waals surface area contributed by atoms with E-state index >= 15 is 0 Å². The fraction of sp³-hybridized carbons (Fsp3) is 0.857. The van der Waals surface area contributed by atoms with E-state index in [1.54, 1.807) is 6.92 Å². The number of amides is 1. The van der Waals surface area contributed by atoms with E-state index in [2.05, 4.69) is 5.32 Å². The molecule has 3 N–H and O–H groups in total. The predicted octanol–water partition coefficient (Wildman–Crippen LogP) is -1.17. The SMILES string of the molecule is CC(C(N)=O)S(=O)CC1CNC1. The van der Waals surface area contributed by atoms with Crippen LogP contribution in [0.15, 0.2) is 0 Å². The van der Waals surface area contributed by atoms with Crippen molar-refractivity contribution in [2.45, 2.75) is 12.2 Å². The van der Waals surface area contributed by atoms with Crippen molar-refractivity contribution >= 4 is 16.7 Å². The Morgan fingerprint density at radius 2 is 2.33 bits per heavy atom. The van der Waals surface area contributed by atoms with Crippen LogP contribution in [0.1, 0.15) is 6.92 Å². The molecule has 0 aromatic carbocycles. The van der Waals surface area contributed by atoms with Gasteiger partial charge in [-0.2, -0.15) is 0 Å². The number of carbonyl (C=O) groups is 1. The average Bonchev–Trinajstić information content (AvgIpc) is 1.94. The van der Waals surface area contributed by atoms with Gasteiger partial charge in [-0.3, -0.25) is 9.00 Å². The van der Waals surface area contributed by atoms with Crippen molar-refractivity contribution < 1.29 is 9.00 Å². The monoisotopic (exact) mass is 190 g/mol. The summed E-state index contributed by atoms with van der Waals surface area (Å²) in [5.74, 6) is 0.588. The lowest BCUT2D eigenvalue weighted by Gasteiger charge is -2.27. The Kier molecular flexibility index (Phi) is 3.22. The highest BCUT2D eigenvalue weighted by atomic mass is 32.2. The van der Waals surface area contributed by atoms with Gasteiger partial charge in [0.05, 0.1) is 0 Å². The van der Waals surface area contributed by atoms with Crippen LogP contribution in [0.3, 0.4) is 0 Å².